The van der Waals surface area contributed by atoms with E-state index in [-0.39, 0.29) is 6.61 Å². The van der Waals surface area contributed by atoms with Gasteiger partial charge in [-0.2, -0.15) is 0 Å². The van der Waals surface area contributed by atoms with Crippen molar-refractivity contribution in [2.75, 3.05) is 26.0 Å². The van der Waals surface area contributed by atoms with Crippen molar-refractivity contribution in [2.24, 2.45) is 0 Å². The van der Waals surface area contributed by atoms with E-state index < -0.39 is 0 Å². The summed E-state index contributed by atoms with van der Waals surface area (Å²) in [6, 6.07) is 10.5. The van der Waals surface area contributed by atoms with Crippen LogP contribution in [-0.4, -0.2) is 31.1 Å². The van der Waals surface area contributed by atoms with Crippen molar-refractivity contribution >= 4 is 13.9 Å². The molecule has 1 unspecified atom stereocenters. The maximum Gasteiger partial charge on any atom is 0.0890 e. The molecule has 1 aromatic carbocycles. The predicted molar refractivity (Wildman–Crippen MR) is 58.6 cm³/mol. The highest BCUT2D eigenvalue weighted by atomic mass is 31.1. The summed E-state index contributed by atoms with van der Waals surface area (Å²) in [5.41, 5.74) is 0. The topological polar surface area (TPSA) is 29.5 Å². The van der Waals surface area contributed by atoms with E-state index in [1.54, 1.807) is 0 Å². The Morgan fingerprint density at radius 3 is 2.62 bits per heavy atom. The second-order valence-corrected chi connectivity index (χ2v) is 4.39. The summed E-state index contributed by atoms with van der Waals surface area (Å²) in [5, 5.41) is 9.89. The summed E-state index contributed by atoms with van der Waals surface area (Å²) in [5.74, 6) is 0. The summed E-state index contributed by atoms with van der Waals surface area (Å²) < 4.78 is 5.18. The first-order chi connectivity index (χ1) is 6.43. The van der Waals surface area contributed by atoms with Gasteiger partial charge >= 0.3 is 0 Å². The fourth-order valence-electron chi connectivity index (χ4n) is 1.06. The maximum atomic E-state index is 8.46. The molecule has 0 heterocycles. The normalized spacial score (nSPS) is 11.2. The van der Waals surface area contributed by atoms with Crippen molar-refractivity contribution in [3.05, 3.63) is 30.3 Å². The Morgan fingerprint density at radius 2 is 1.92 bits per heavy atom. The largest absolute Gasteiger partial charge is 0.394 e. The molecule has 2 nitrogen and oxygen atoms in total. The van der Waals surface area contributed by atoms with E-state index in [1.807, 2.05) is 6.07 Å². The Kier molecular flexibility index (Phi) is 5.75. The van der Waals surface area contributed by atoms with Gasteiger partial charge in [0.25, 0.3) is 0 Å². The number of hydrogen-bond donors (Lipinski definition) is 1. The fourth-order valence-corrected chi connectivity index (χ4v) is 2.18. The standard InChI is InChI=1S/C10H15O2P/c11-6-7-12-8-9-13-10-4-2-1-3-5-10/h1-5,11,13H,6-9H2/p+1. The highest BCUT2D eigenvalue weighted by molar-refractivity contribution is 7.47. The van der Waals surface area contributed by atoms with Gasteiger partial charge in [-0.05, 0) is 12.1 Å². The van der Waals surface area contributed by atoms with Gasteiger partial charge in [0, 0.05) is 8.58 Å². The first kappa shape index (κ1) is 10.6. The molecule has 0 aromatic heterocycles. The predicted octanol–water partition coefficient (Wildman–Crippen LogP) is 0.732. The molecule has 0 aliphatic carbocycles. The van der Waals surface area contributed by atoms with Crippen molar-refractivity contribution in [1.82, 2.24) is 0 Å². The van der Waals surface area contributed by atoms with E-state index in [1.165, 1.54) is 5.30 Å². The van der Waals surface area contributed by atoms with Crippen LogP contribution in [0.3, 0.4) is 0 Å². The van der Waals surface area contributed by atoms with Gasteiger partial charge in [-0.3, -0.25) is 0 Å². The van der Waals surface area contributed by atoms with Gasteiger partial charge in [0.1, 0.15) is 0 Å². The lowest BCUT2D eigenvalue weighted by molar-refractivity contribution is 0.103. The molecule has 1 N–H and O–H groups in total. The smallest absolute Gasteiger partial charge is 0.0890 e. The van der Waals surface area contributed by atoms with Crippen molar-refractivity contribution in [3.8, 4) is 0 Å². The molecule has 1 atom stereocenters. The first-order valence-electron chi connectivity index (χ1n) is 4.50. The molecule has 0 spiro atoms. The summed E-state index contributed by atoms with van der Waals surface area (Å²) in [6.45, 7) is 1.36. The van der Waals surface area contributed by atoms with E-state index in [0.717, 1.165) is 12.8 Å². The zero-order valence-corrected chi connectivity index (χ0v) is 8.80. The molecule has 0 saturated carbocycles. The van der Waals surface area contributed by atoms with Crippen LogP contribution in [-0.2, 0) is 4.74 Å². The molecule has 0 aliphatic rings. The van der Waals surface area contributed by atoms with Gasteiger partial charge in [0.15, 0.2) is 0 Å². The third-order valence-electron chi connectivity index (χ3n) is 1.68. The number of aliphatic hydroxyl groups is 1. The molecule has 1 rings (SSSR count). The summed E-state index contributed by atoms with van der Waals surface area (Å²) in [7, 11) is 0.332. The van der Waals surface area contributed by atoms with Gasteiger partial charge in [0.05, 0.1) is 31.3 Å². The molecule has 1 aromatic rings. The van der Waals surface area contributed by atoms with Crippen LogP contribution in [0.25, 0.3) is 0 Å². The first-order valence-corrected chi connectivity index (χ1v) is 5.90. The quantitative estimate of drug-likeness (QED) is 0.540. The second-order valence-electron chi connectivity index (χ2n) is 2.74. The minimum atomic E-state index is 0.126. The lowest BCUT2D eigenvalue weighted by atomic mass is 10.4. The second kappa shape index (κ2) is 7.02. The van der Waals surface area contributed by atoms with Crippen molar-refractivity contribution in [1.29, 1.82) is 0 Å². The van der Waals surface area contributed by atoms with E-state index >= 15 is 0 Å². The van der Waals surface area contributed by atoms with E-state index in [0.29, 0.717) is 15.2 Å². The maximum absolute atomic E-state index is 8.46. The zero-order valence-electron chi connectivity index (χ0n) is 7.65. The van der Waals surface area contributed by atoms with Crippen LogP contribution in [0.1, 0.15) is 0 Å². The molecule has 0 saturated heterocycles. The highest BCUT2D eigenvalue weighted by Gasteiger charge is 1.97. The van der Waals surface area contributed by atoms with Gasteiger partial charge in [-0.1, -0.05) is 18.2 Å². The molecule has 0 bridgehead atoms. The number of benzene rings is 1. The molecular formula is C10H16O2P+. The lowest BCUT2D eigenvalue weighted by Crippen LogP contribution is -2.04. The number of ether oxygens (including phenoxy) is 1. The Hall–Kier alpha value is -0.430. The average Bonchev–Trinajstić information content (AvgIpc) is 2.19. The van der Waals surface area contributed by atoms with Gasteiger partial charge in [-0.15, -0.1) is 0 Å². The molecule has 3 heteroatoms. The minimum Gasteiger partial charge on any atom is -0.394 e. The van der Waals surface area contributed by atoms with Crippen LogP contribution in [0, 0.1) is 0 Å². The van der Waals surface area contributed by atoms with Crippen LogP contribution in [0.15, 0.2) is 30.3 Å². The van der Waals surface area contributed by atoms with Crippen LogP contribution < -0.4 is 5.30 Å². The van der Waals surface area contributed by atoms with Gasteiger partial charge in [0.2, 0.25) is 0 Å². The van der Waals surface area contributed by atoms with E-state index in [9.17, 15) is 0 Å². The third kappa shape index (κ3) is 4.99. The van der Waals surface area contributed by atoms with Crippen molar-refractivity contribution < 1.29 is 9.84 Å². The summed E-state index contributed by atoms with van der Waals surface area (Å²) in [6.07, 6.45) is 1.10. The van der Waals surface area contributed by atoms with E-state index in [4.69, 9.17) is 9.84 Å². The Labute approximate surface area is 80.7 Å². The monoisotopic (exact) mass is 199 g/mol. The molecule has 13 heavy (non-hydrogen) atoms. The molecule has 0 fully saturated rings. The third-order valence-corrected chi connectivity index (χ3v) is 3.06. The van der Waals surface area contributed by atoms with Crippen LogP contribution in [0.2, 0.25) is 0 Å². The minimum absolute atomic E-state index is 0.126. The molecular weight excluding hydrogens is 183 g/mol. The Bertz CT molecular complexity index is 213. The molecule has 72 valence electrons. The number of hydrogen-bond acceptors (Lipinski definition) is 2. The number of aliphatic hydroxyl groups excluding tert-OH is 1. The van der Waals surface area contributed by atoms with E-state index in [2.05, 4.69) is 24.3 Å². The van der Waals surface area contributed by atoms with Crippen molar-refractivity contribution in [3.63, 3.8) is 0 Å². The summed E-state index contributed by atoms with van der Waals surface area (Å²) in [4.78, 5) is 0. The average molecular weight is 199 g/mol. The fraction of sp³-hybridized carbons (Fsp3) is 0.400. The lowest BCUT2D eigenvalue weighted by Gasteiger charge is -1.97. The van der Waals surface area contributed by atoms with Crippen LogP contribution in [0.5, 0.6) is 0 Å². The SMILES string of the molecule is OCCOCC[PH2+]c1ccccc1. The Morgan fingerprint density at radius 1 is 1.15 bits per heavy atom. The highest BCUT2D eigenvalue weighted by Crippen LogP contribution is 2.08. The van der Waals surface area contributed by atoms with Crippen LogP contribution in [0.4, 0.5) is 0 Å². The molecule has 0 aliphatic heterocycles. The Balaban J connectivity index is 2.07. The van der Waals surface area contributed by atoms with Gasteiger partial charge in [-0.25, -0.2) is 0 Å². The molecule has 0 radical (unpaired) electrons. The summed E-state index contributed by atoms with van der Waals surface area (Å²) >= 11 is 0. The number of rotatable bonds is 6. The molecule has 0 amide bonds. The zero-order chi connectivity index (χ0) is 9.36. The van der Waals surface area contributed by atoms with Crippen LogP contribution >= 0.6 is 8.58 Å². The van der Waals surface area contributed by atoms with Crippen molar-refractivity contribution in [2.45, 2.75) is 0 Å². The van der Waals surface area contributed by atoms with Gasteiger partial charge < -0.3 is 9.84 Å².